The third kappa shape index (κ3) is 6.66. The van der Waals surface area contributed by atoms with E-state index in [4.69, 9.17) is 4.74 Å². The van der Waals surface area contributed by atoms with Crippen LogP contribution in [0.4, 0.5) is 9.18 Å². The molecule has 168 valence electrons. The summed E-state index contributed by atoms with van der Waals surface area (Å²) in [5, 5.41) is 0. The van der Waals surface area contributed by atoms with Crippen molar-refractivity contribution in [2.24, 2.45) is 0 Å². The Hall–Kier alpha value is -2.20. The van der Waals surface area contributed by atoms with Crippen molar-refractivity contribution in [1.82, 2.24) is 14.5 Å². The van der Waals surface area contributed by atoms with Crippen LogP contribution in [-0.2, 0) is 19.6 Å². The van der Waals surface area contributed by atoms with Crippen molar-refractivity contribution in [1.29, 1.82) is 0 Å². The molecule has 0 saturated carbocycles. The molecule has 8 nitrogen and oxygen atoms in total. The van der Waals surface area contributed by atoms with Gasteiger partial charge in [0, 0.05) is 26.2 Å². The second-order valence-corrected chi connectivity index (χ2v) is 9.90. The third-order valence-corrected chi connectivity index (χ3v) is 6.07. The average Bonchev–Trinajstić information content (AvgIpc) is 2.91. The Bertz CT molecular complexity index is 852. The summed E-state index contributed by atoms with van der Waals surface area (Å²) in [5.74, 6) is -0.898. The van der Waals surface area contributed by atoms with Gasteiger partial charge < -0.3 is 14.5 Å². The van der Waals surface area contributed by atoms with Gasteiger partial charge in [-0.15, -0.1) is 0 Å². The Morgan fingerprint density at radius 1 is 1.10 bits per heavy atom. The van der Waals surface area contributed by atoms with Crippen LogP contribution in [0.1, 0.15) is 40.5 Å². The molecule has 1 N–H and O–H groups in total. The number of rotatable bonds is 5. The van der Waals surface area contributed by atoms with E-state index in [1.54, 1.807) is 37.5 Å². The van der Waals surface area contributed by atoms with E-state index in [0.717, 1.165) is 24.3 Å². The van der Waals surface area contributed by atoms with Crippen molar-refractivity contribution in [3.63, 3.8) is 0 Å². The summed E-state index contributed by atoms with van der Waals surface area (Å²) in [4.78, 5) is 28.2. The van der Waals surface area contributed by atoms with Crippen LogP contribution in [0.15, 0.2) is 29.2 Å². The highest BCUT2D eigenvalue weighted by Crippen LogP contribution is 2.15. The number of carbonyl (C=O) groups is 2. The summed E-state index contributed by atoms with van der Waals surface area (Å²) in [6.07, 6.45) is 0.387. The highest BCUT2D eigenvalue weighted by Gasteiger charge is 2.31. The van der Waals surface area contributed by atoms with Crippen LogP contribution in [0.5, 0.6) is 0 Å². The van der Waals surface area contributed by atoms with Gasteiger partial charge in [0.1, 0.15) is 17.5 Å². The fourth-order valence-corrected chi connectivity index (χ4v) is 4.32. The van der Waals surface area contributed by atoms with Crippen molar-refractivity contribution in [3.8, 4) is 0 Å². The van der Waals surface area contributed by atoms with Crippen LogP contribution >= 0.6 is 0 Å². The topological polar surface area (TPSA) is 96.0 Å². The first-order chi connectivity index (χ1) is 13.9. The number of sulfonamides is 1. The van der Waals surface area contributed by atoms with Gasteiger partial charge >= 0.3 is 6.09 Å². The molecule has 1 atom stereocenters. The van der Waals surface area contributed by atoms with Gasteiger partial charge in [0.15, 0.2) is 0 Å². The number of ether oxygens (including phenoxy) is 1. The molecule has 0 radical (unpaired) electrons. The highest BCUT2D eigenvalue weighted by molar-refractivity contribution is 7.89. The lowest BCUT2D eigenvalue weighted by Gasteiger charge is -2.27. The molecule has 0 bridgehead atoms. The standard InChI is InChI=1S/C20H30FN3O5S/c1-5-17(22-30(27,28)16-9-7-15(21)8-10-16)18(25)23-11-6-12-24(14-13-23)19(26)29-20(2,3)4/h7-10,17,22H,5-6,11-14H2,1-4H3. The quantitative estimate of drug-likeness (QED) is 0.754. The van der Waals surface area contributed by atoms with E-state index >= 15 is 0 Å². The number of hydrogen-bond donors (Lipinski definition) is 1. The molecule has 2 rings (SSSR count). The van der Waals surface area contributed by atoms with E-state index in [-0.39, 0.29) is 23.8 Å². The Morgan fingerprint density at radius 2 is 1.67 bits per heavy atom. The lowest BCUT2D eigenvalue weighted by atomic mass is 10.2. The number of hydrogen-bond acceptors (Lipinski definition) is 5. The summed E-state index contributed by atoms with van der Waals surface area (Å²) in [5.41, 5.74) is -0.606. The van der Waals surface area contributed by atoms with Crippen LogP contribution < -0.4 is 4.72 Å². The maximum absolute atomic E-state index is 13.1. The zero-order valence-corrected chi connectivity index (χ0v) is 18.7. The Morgan fingerprint density at radius 3 is 2.23 bits per heavy atom. The van der Waals surface area contributed by atoms with Gasteiger partial charge in [0.25, 0.3) is 0 Å². The zero-order chi connectivity index (χ0) is 22.5. The van der Waals surface area contributed by atoms with Crippen LogP contribution in [0, 0.1) is 5.82 Å². The minimum absolute atomic E-state index is 0.109. The third-order valence-electron chi connectivity index (χ3n) is 4.59. The minimum Gasteiger partial charge on any atom is -0.444 e. The molecule has 30 heavy (non-hydrogen) atoms. The molecule has 1 aliphatic heterocycles. The van der Waals surface area contributed by atoms with Crippen LogP contribution in [0.25, 0.3) is 0 Å². The summed E-state index contributed by atoms with van der Waals surface area (Å²) in [7, 11) is -3.97. The van der Waals surface area contributed by atoms with Crippen LogP contribution in [-0.4, -0.2) is 68.0 Å². The maximum atomic E-state index is 13.1. The largest absolute Gasteiger partial charge is 0.444 e. The molecule has 1 aromatic carbocycles. The lowest BCUT2D eigenvalue weighted by Crippen LogP contribution is -2.49. The molecule has 0 spiro atoms. The zero-order valence-electron chi connectivity index (χ0n) is 17.9. The van der Waals surface area contributed by atoms with Crippen molar-refractivity contribution < 1.29 is 27.1 Å². The second-order valence-electron chi connectivity index (χ2n) is 8.18. The first kappa shape index (κ1) is 24.1. The number of nitrogens with zero attached hydrogens (tertiary/aromatic N) is 2. The SMILES string of the molecule is CCC(NS(=O)(=O)c1ccc(F)cc1)C(=O)N1CCCN(C(=O)OC(C)(C)C)CC1. The normalized spacial score (nSPS) is 16.7. The predicted molar refractivity (Wildman–Crippen MR) is 110 cm³/mol. The van der Waals surface area contributed by atoms with Gasteiger partial charge in [-0.3, -0.25) is 4.79 Å². The van der Waals surface area contributed by atoms with Crippen molar-refractivity contribution in [2.45, 2.75) is 57.1 Å². The fourth-order valence-electron chi connectivity index (χ4n) is 3.04. The summed E-state index contributed by atoms with van der Waals surface area (Å²) >= 11 is 0. The number of carbonyl (C=O) groups excluding carboxylic acids is 2. The Balaban J connectivity index is 2.03. The molecule has 1 aliphatic rings. The summed E-state index contributed by atoms with van der Waals surface area (Å²) in [6.45, 7) is 8.53. The molecule has 1 heterocycles. The Labute approximate surface area is 177 Å². The van der Waals surface area contributed by atoms with Crippen molar-refractivity contribution in [2.75, 3.05) is 26.2 Å². The van der Waals surface area contributed by atoms with E-state index in [0.29, 0.717) is 26.1 Å². The smallest absolute Gasteiger partial charge is 0.410 e. The van der Waals surface area contributed by atoms with E-state index in [2.05, 4.69) is 4.72 Å². The van der Waals surface area contributed by atoms with Gasteiger partial charge in [0.05, 0.1) is 4.90 Å². The molecule has 10 heteroatoms. The fraction of sp³-hybridized carbons (Fsp3) is 0.600. The van der Waals surface area contributed by atoms with Gasteiger partial charge in [-0.2, -0.15) is 4.72 Å². The monoisotopic (exact) mass is 443 g/mol. The molecule has 1 saturated heterocycles. The maximum Gasteiger partial charge on any atom is 0.410 e. The van der Waals surface area contributed by atoms with Crippen molar-refractivity contribution in [3.05, 3.63) is 30.1 Å². The van der Waals surface area contributed by atoms with E-state index in [1.165, 1.54) is 0 Å². The van der Waals surface area contributed by atoms with Crippen LogP contribution in [0.3, 0.4) is 0 Å². The highest BCUT2D eigenvalue weighted by atomic mass is 32.2. The average molecular weight is 444 g/mol. The molecular formula is C20H30FN3O5S. The number of benzene rings is 1. The Kier molecular flexibility index (Phi) is 7.81. The molecule has 2 amide bonds. The van der Waals surface area contributed by atoms with Gasteiger partial charge in [0.2, 0.25) is 15.9 Å². The van der Waals surface area contributed by atoms with Crippen molar-refractivity contribution >= 4 is 22.0 Å². The predicted octanol–water partition coefficient (Wildman–Crippen LogP) is 2.35. The number of amides is 2. The van der Waals surface area contributed by atoms with E-state index in [1.807, 2.05) is 0 Å². The summed E-state index contributed by atoms with van der Waals surface area (Å²) < 4.78 is 46.0. The van der Waals surface area contributed by atoms with E-state index in [9.17, 15) is 22.4 Å². The molecule has 0 aliphatic carbocycles. The van der Waals surface area contributed by atoms with E-state index < -0.39 is 33.6 Å². The molecular weight excluding hydrogens is 413 g/mol. The van der Waals surface area contributed by atoms with Gasteiger partial charge in [-0.1, -0.05) is 6.92 Å². The molecule has 1 fully saturated rings. The first-order valence-electron chi connectivity index (χ1n) is 9.97. The molecule has 1 unspecified atom stereocenters. The minimum atomic E-state index is -3.97. The van der Waals surface area contributed by atoms with Crippen LogP contribution in [0.2, 0.25) is 0 Å². The number of halogens is 1. The molecule has 0 aromatic heterocycles. The first-order valence-corrected chi connectivity index (χ1v) is 11.5. The van der Waals surface area contributed by atoms with Gasteiger partial charge in [-0.25, -0.2) is 17.6 Å². The summed E-state index contributed by atoms with van der Waals surface area (Å²) in [6, 6.07) is 3.46. The molecule has 1 aromatic rings. The number of nitrogens with one attached hydrogen (secondary N) is 1. The van der Waals surface area contributed by atoms with Gasteiger partial charge in [-0.05, 0) is 57.9 Å². The lowest BCUT2D eigenvalue weighted by molar-refractivity contribution is -0.133. The second kappa shape index (κ2) is 9.74.